The molecule has 0 aliphatic carbocycles. The minimum absolute atomic E-state index is 0.0228. The molecule has 4 rings (SSSR count). The van der Waals surface area contributed by atoms with Gasteiger partial charge in [-0.1, -0.05) is 23.3 Å². The van der Waals surface area contributed by atoms with E-state index in [1.165, 1.54) is 12.1 Å². The molecule has 0 saturated carbocycles. The van der Waals surface area contributed by atoms with E-state index in [-0.39, 0.29) is 24.2 Å². The molecule has 2 heterocycles. The molecule has 0 atom stereocenters. The van der Waals surface area contributed by atoms with Crippen LogP contribution in [-0.2, 0) is 17.6 Å². The fraction of sp³-hybridized carbons (Fsp3) is 0.211. The zero-order chi connectivity index (χ0) is 18.6. The van der Waals surface area contributed by atoms with E-state index in [9.17, 15) is 9.18 Å². The average molecular weight is 369 g/mol. The lowest BCUT2D eigenvalue weighted by molar-refractivity contribution is -0.115. The summed E-state index contributed by atoms with van der Waals surface area (Å²) in [6.07, 6.45) is 0.484. The number of carbonyl (C=O) groups is 1. The average Bonchev–Trinajstić information content (AvgIpc) is 3.10. The van der Waals surface area contributed by atoms with Crippen molar-refractivity contribution in [3.05, 3.63) is 65.3 Å². The lowest BCUT2D eigenvalue weighted by Crippen LogP contribution is -2.15. The van der Waals surface area contributed by atoms with Crippen molar-refractivity contribution in [1.82, 2.24) is 10.2 Å². The summed E-state index contributed by atoms with van der Waals surface area (Å²) in [5, 5.41) is 10.3. The molecule has 8 heteroatoms. The highest BCUT2D eigenvalue weighted by Crippen LogP contribution is 2.31. The third kappa shape index (κ3) is 4.22. The molecule has 1 aliphatic heterocycles. The maximum Gasteiger partial charge on any atom is 0.322 e. The molecule has 7 nitrogen and oxygen atoms in total. The van der Waals surface area contributed by atoms with Crippen LogP contribution in [-0.4, -0.2) is 29.3 Å². The molecule has 0 saturated heterocycles. The Hall–Kier alpha value is -3.42. The van der Waals surface area contributed by atoms with Crippen LogP contribution in [0.25, 0.3) is 0 Å². The Morgan fingerprint density at radius 2 is 1.74 bits per heavy atom. The summed E-state index contributed by atoms with van der Waals surface area (Å²) in [6, 6.07) is 11.3. The van der Waals surface area contributed by atoms with Crippen molar-refractivity contribution in [3.63, 3.8) is 0 Å². The molecule has 1 aliphatic rings. The number of fused-ring (bicyclic) bond motifs is 1. The third-order valence-electron chi connectivity index (χ3n) is 3.95. The summed E-state index contributed by atoms with van der Waals surface area (Å²) in [6.45, 7) is 1.05. The van der Waals surface area contributed by atoms with Crippen LogP contribution in [0.1, 0.15) is 17.0 Å². The molecule has 3 aromatic rings. The summed E-state index contributed by atoms with van der Waals surface area (Å²) < 4.78 is 29.4. The quantitative estimate of drug-likeness (QED) is 0.744. The van der Waals surface area contributed by atoms with Crippen molar-refractivity contribution >= 4 is 11.9 Å². The minimum atomic E-state index is -0.347. The van der Waals surface area contributed by atoms with Crippen molar-refractivity contribution in [1.29, 1.82) is 0 Å². The zero-order valence-corrected chi connectivity index (χ0v) is 14.3. The standard InChI is InChI=1S/C19H16FN3O4/c20-14-4-1-12(2-5-14)10-17(24)21-19-23-22-18(27-19)11-13-3-6-15-16(9-13)26-8-7-25-15/h1-6,9H,7-8,10-11H2,(H,21,23,24). The van der Waals surface area contributed by atoms with Gasteiger partial charge < -0.3 is 13.9 Å². The van der Waals surface area contributed by atoms with Gasteiger partial charge in [-0.15, -0.1) is 5.10 Å². The van der Waals surface area contributed by atoms with Gasteiger partial charge in [-0.25, -0.2) is 4.39 Å². The number of halogens is 1. The highest BCUT2D eigenvalue weighted by atomic mass is 19.1. The molecule has 0 unspecified atom stereocenters. The number of rotatable bonds is 5. The van der Waals surface area contributed by atoms with E-state index in [0.29, 0.717) is 42.6 Å². The second-order valence-corrected chi connectivity index (χ2v) is 6.01. The number of benzene rings is 2. The van der Waals surface area contributed by atoms with Crippen LogP contribution in [0.3, 0.4) is 0 Å². The van der Waals surface area contributed by atoms with E-state index in [4.69, 9.17) is 13.9 Å². The van der Waals surface area contributed by atoms with Crippen LogP contribution in [0.15, 0.2) is 46.9 Å². The van der Waals surface area contributed by atoms with Crippen LogP contribution in [0.2, 0.25) is 0 Å². The molecule has 1 amide bonds. The smallest absolute Gasteiger partial charge is 0.322 e. The number of hydrogen-bond donors (Lipinski definition) is 1. The first-order chi connectivity index (χ1) is 13.2. The van der Waals surface area contributed by atoms with Gasteiger partial charge >= 0.3 is 6.01 Å². The molecule has 0 bridgehead atoms. The van der Waals surface area contributed by atoms with Gasteiger partial charge in [-0.3, -0.25) is 10.1 Å². The van der Waals surface area contributed by atoms with Crippen LogP contribution >= 0.6 is 0 Å². The topological polar surface area (TPSA) is 86.5 Å². The van der Waals surface area contributed by atoms with E-state index in [1.54, 1.807) is 12.1 Å². The van der Waals surface area contributed by atoms with Gasteiger partial charge in [-0.2, -0.15) is 0 Å². The van der Waals surface area contributed by atoms with Crippen molar-refractivity contribution in [2.75, 3.05) is 18.5 Å². The lowest BCUT2D eigenvalue weighted by Gasteiger charge is -2.18. The molecule has 138 valence electrons. The van der Waals surface area contributed by atoms with Crippen LogP contribution in [0, 0.1) is 5.82 Å². The second kappa shape index (κ2) is 7.45. The Morgan fingerprint density at radius 3 is 2.56 bits per heavy atom. The van der Waals surface area contributed by atoms with Crippen molar-refractivity contribution < 1.29 is 23.1 Å². The van der Waals surface area contributed by atoms with Crippen molar-refractivity contribution in [2.24, 2.45) is 0 Å². The summed E-state index contributed by atoms with van der Waals surface area (Å²) in [4.78, 5) is 12.0. The van der Waals surface area contributed by atoms with Crippen LogP contribution in [0.5, 0.6) is 11.5 Å². The molecule has 2 aromatic carbocycles. The minimum Gasteiger partial charge on any atom is -0.486 e. The zero-order valence-electron chi connectivity index (χ0n) is 14.3. The van der Waals surface area contributed by atoms with Gasteiger partial charge in [-0.05, 0) is 35.4 Å². The molecule has 27 heavy (non-hydrogen) atoms. The summed E-state index contributed by atoms with van der Waals surface area (Å²) >= 11 is 0. The Labute approximate surface area is 154 Å². The molecule has 0 spiro atoms. The first-order valence-electron chi connectivity index (χ1n) is 8.41. The number of hydrogen-bond acceptors (Lipinski definition) is 6. The Balaban J connectivity index is 1.37. The van der Waals surface area contributed by atoms with E-state index < -0.39 is 0 Å². The molecule has 0 fully saturated rings. The van der Waals surface area contributed by atoms with Crippen LogP contribution in [0.4, 0.5) is 10.4 Å². The van der Waals surface area contributed by atoms with Crippen LogP contribution < -0.4 is 14.8 Å². The summed E-state index contributed by atoms with van der Waals surface area (Å²) in [5.41, 5.74) is 1.61. The number of nitrogens with one attached hydrogen (secondary N) is 1. The largest absolute Gasteiger partial charge is 0.486 e. The fourth-order valence-electron chi connectivity index (χ4n) is 2.70. The van der Waals surface area contributed by atoms with E-state index in [0.717, 1.165) is 5.56 Å². The van der Waals surface area contributed by atoms with Crippen molar-refractivity contribution in [3.8, 4) is 11.5 Å². The number of ether oxygens (including phenoxy) is 2. The Kier molecular flexibility index (Phi) is 4.69. The number of aromatic nitrogens is 2. The number of carbonyl (C=O) groups excluding carboxylic acids is 1. The second-order valence-electron chi connectivity index (χ2n) is 6.01. The number of nitrogens with zero attached hydrogens (tertiary/aromatic N) is 2. The normalized spacial score (nSPS) is 12.6. The van der Waals surface area contributed by atoms with Gasteiger partial charge in [0.05, 0.1) is 12.8 Å². The third-order valence-corrected chi connectivity index (χ3v) is 3.95. The first-order valence-corrected chi connectivity index (χ1v) is 8.41. The fourth-order valence-corrected chi connectivity index (χ4v) is 2.70. The van der Waals surface area contributed by atoms with Gasteiger partial charge in [0.25, 0.3) is 0 Å². The lowest BCUT2D eigenvalue weighted by atomic mass is 10.1. The summed E-state index contributed by atoms with van der Waals surface area (Å²) in [5.74, 6) is 1.09. The highest BCUT2D eigenvalue weighted by Gasteiger charge is 2.14. The molecular weight excluding hydrogens is 353 g/mol. The van der Waals surface area contributed by atoms with E-state index in [1.807, 2.05) is 18.2 Å². The number of amides is 1. The predicted molar refractivity (Wildman–Crippen MR) is 93.3 cm³/mol. The van der Waals surface area contributed by atoms with Gasteiger partial charge in [0.1, 0.15) is 19.0 Å². The molecule has 0 radical (unpaired) electrons. The predicted octanol–water partition coefficient (Wildman–Crippen LogP) is 2.75. The molecule has 1 aromatic heterocycles. The highest BCUT2D eigenvalue weighted by molar-refractivity contribution is 5.90. The molecule has 1 N–H and O–H groups in total. The Bertz CT molecular complexity index is 956. The first kappa shape index (κ1) is 17.0. The maximum absolute atomic E-state index is 12.9. The number of anilines is 1. The monoisotopic (exact) mass is 369 g/mol. The SMILES string of the molecule is O=C(Cc1ccc(F)cc1)Nc1nnc(Cc2ccc3c(c2)OCCO3)o1. The Morgan fingerprint density at radius 1 is 1.00 bits per heavy atom. The van der Waals surface area contributed by atoms with Gasteiger partial charge in [0, 0.05) is 0 Å². The van der Waals surface area contributed by atoms with E-state index in [2.05, 4.69) is 15.5 Å². The van der Waals surface area contributed by atoms with E-state index >= 15 is 0 Å². The molecular formula is C19H16FN3O4. The van der Waals surface area contributed by atoms with Gasteiger partial charge in [0.2, 0.25) is 11.8 Å². The summed E-state index contributed by atoms with van der Waals surface area (Å²) in [7, 11) is 0. The van der Waals surface area contributed by atoms with Gasteiger partial charge in [0.15, 0.2) is 11.5 Å². The van der Waals surface area contributed by atoms with Crippen molar-refractivity contribution in [2.45, 2.75) is 12.8 Å². The maximum atomic E-state index is 12.9.